The highest BCUT2D eigenvalue weighted by atomic mass is 16.6. The number of benzene rings is 1. The number of aliphatic hydroxyl groups is 1. The average molecular weight is 635 g/mol. The predicted molar refractivity (Wildman–Crippen MR) is 182 cm³/mol. The summed E-state index contributed by atoms with van der Waals surface area (Å²) >= 11 is 0. The average Bonchev–Trinajstić information content (AvgIpc) is 2.97. The number of ether oxygens (including phenoxy) is 1. The number of aromatic hydroxyl groups is 1. The lowest BCUT2D eigenvalue weighted by molar-refractivity contribution is -0.233. The first-order valence-corrected chi connectivity index (χ1v) is 17.7. The molecule has 0 heterocycles. The Labute approximate surface area is 276 Å². The van der Waals surface area contributed by atoms with E-state index in [1.165, 1.54) is 11.6 Å². The summed E-state index contributed by atoms with van der Waals surface area (Å²) in [7, 11) is 0. The fourth-order valence-electron chi connectivity index (χ4n) is 11.5. The number of allylic oxidation sites excluding steroid dienone is 2. The number of carbonyl (C=O) groups is 2. The van der Waals surface area contributed by atoms with Crippen LogP contribution in [-0.4, -0.2) is 39.5 Å². The lowest BCUT2D eigenvalue weighted by atomic mass is 9.35. The number of aliphatic hydroxyl groups excluding tert-OH is 1. The minimum absolute atomic E-state index is 0.00358. The highest BCUT2D eigenvalue weighted by Gasteiger charge is 2.68. The number of hydrogen-bond donors (Lipinski definition) is 3. The van der Waals surface area contributed by atoms with Gasteiger partial charge in [0.2, 0.25) is 0 Å². The van der Waals surface area contributed by atoms with Crippen LogP contribution in [0.4, 0.5) is 0 Å². The number of aliphatic carboxylic acids is 1. The molecule has 2 unspecified atom stereocenters. The van der Waals surface area contributed by atoms with Gasteiger partial charge in [0.05, 0.1) is 11.5 Å². The number of carboxylic acid groups (broad SMARTS) is 1. The van der Waals surface area contributed by atoms with Gasteiger partial charge in [-0.3, -0.25) is 4.79 Å². The van der Waals surface area contributed by atoms with E-state index in [1.54, 1.807) is 30.3 Å². The number of phenols is 1. The molecule has 5 rings (SSSR count). The van der Waals surface area contributed by atoms with Crippen LogP contribution in [0, 0.1) is 56.7 Å². The highest BCUT2D eigenvalue weighted by molar-refractivity contribution is 5.87. The molecule has 1 aromatic rings. The molecule has 0 spiro atoms. The molecule has 0 radical (unpaired) electrons. The number of fused-ring (bicyclic) bond motifs is 3. The summed E-state index contributed by atoms with van der Waals surface area (Å²) in [5.74, 6) is 0.357. The zero-order valence-corrected chi connectivity index (χ0v) is 29.6. The Balaban J connectivity index is 1.45. The van der Waals surface area contributed by atoms with Gasteiger partial charge in [-0.2, -0.15) is 0 Å². The van der Waals surface area contributed by atoms with E-state index in [0.717, 1.165) is 37.7 Å². The van der Waals surface area contributed by atoms with Gasteiger partial charge in [0.15, 0.2) is 0 Å². The van der Waals surface area contributed by atoms with Crippen LogP contribution in [0.15, 0.2) is 42.0 Å². The van der Waals surface area contributed by atoms with Crippen molar-refractivity contribution in [2.24, 2.45) is 56.7 Å². The van der Waals surface area contributed by atoms with Crippen LogP contribution in [0.1, 0.15) is 113 Å². The maximum atomic E-state index is 13.1. The number of rotatable bonds is 6. The van der Waals surface area contributed by atoms with Gasteiger partial charge in [-0.1, -0.05) is 86.1 Å². The largest absolute Gasteiger partial charge is 0.508 e. The van der Waals surface area contributed by atoms with Gasteiger partial charge < -0.3 is 20.1 Å². The van der Waals surface area contributed by atoms with E-state index in [4.69, 9.17) is 4.74 Å². The maximum Gasteiger partial charge on any atom is 0.331 e. The summed E-state index contributed by atoms with van der Waals surface area (Å²) in [6.45, 7) is 20.5. The van der Waals surface area contributed by atoms with Crippen molar-refractivity contribution in [3.63, 3.8) is 0 Å². The SMILES string of the molecule is CC[C@@]1(C(=O)O)CC[C@@H](C)[C@H](C)[C@H]1C1=CCC2[C@@]3(C)C[C@@H](O)[C@H](OC(=O)/C=C\c4ccc(O)cc4)C(C)(C)C3CC[C@@]2(C)C1(C)C. The highest BCUT2D eigenvalue weighted by Crippen LogP contribution is 2.73. The van der Waals surface area contributed by atoms with Crippen molar-refractivity contribution < 1.29 is 29.6 Å². The summed E-state index contributed by atoms with van der Waals surface area (Å²) in [4.78, 5) is 26.1. The lowest BCUT2D eigenvalue weighted by Crippen LogP contribution is -2.66. The normalized spacial score (nSPS) is 41.6. The van der Waals surface area contributed by atoms with Crippen molar-refractivity contribution in [2.75, 3.05) is 0 Å². The second-order valence-corrected chi connectivity index (χ2v) is 17.1. The minimum Gasteiger partial charge on any atom is -0.508 e. The van der Waals surface area contributed by atoms with Gasteiger partial charge in [0.25, 0.3) is 0 Å². The number of phenolic OH excluding ortho intramolecular Hbond substituents is 1. The topological polar surface area (TPSA) is 104 Å². The summed E-state index contributed by atoms with van der Waals surface area (Å²) in [5, 5.41) is 32.0. The summed E-state index contributed by atoms with van der Waals surface area (Å²) in [6.07, 6.45) is 9.82. The van der Waals surface area contributed by atoms with Crippen LogP contribution < -0.4 is 0 Å². The molecule has 10 atom stereocenters. The predicted octanol–water partition coefficient (Wildman–Crippen LogP) is 8.67. The molecule has 6 nitrogen and oxygen atoms in total. The van der Waals surface area contributed by atoms with Crippen molar-refractivity contribution in [1.29, 1.82) is 0 Å². The monoisotopic (exact) mass is 634 g/mol. The Morgan fingerprint density at radius 1 is 0.978 bits per heavy atom. The minimum atomic E-state index is -0.794. The molecule has 4 aliphatic rings. The van der Waals surface area contributed by atoms with Gasteiger partial charge >= 0.3 is 11.9 Å². The Morgan fingerprint density at radius 2 is 1.63 bits per heavy atom. The molecule has 3 saturated carbocycles. The zero-order chi connectivity index (χ0) is 34.0. The van der Waals surface area contributed by atoms with E-state index in [-0.39, 0.29) is 39.7 Å². The van der Waals surface area contributed by atoms with Crippen LogP contribution in [0.5, 0.6) is 5.75 Å². The van der Waals surface area contributed by atoms with Gasteiger partial charge in [0.1, 0.15) is 11.9 Å². The quantitative estimate of drug-likeness (QED) is 0.164. The van der Waals surface area contributed by atoms with E-state index < -0.39 is 35.0 Å². The number of esters is 1. The van der Waals surface area contributed by atoms with Crippen molar-refractivity contribution >= 4 is 18.0 Å². The Morgan fingerprint density at radius 3 is 2.24 bits per heavy atom. The van der Waals surface area contributed by atoms with Crippen LogP contribution in [-0.2, 0) is 14.3 Å². The zero-order valence-electron chi connectivity index (χ0n) is 29.6. The first-order chi connectivity index (χ1) is 21.4. The maximum absolute atomic E-state index is 13.1. The van der Waals surface area contributed by atoms with E-state index >= 15 is 0 Å². The summed E-state index contributed by atoms with van der Waals surface area (Å²) < 4.78 is 6.04. The molecule has 0 amide bonds. The van der Waals surface area contributed by atoms with E-state index in [9.17, 15) is 24.9 Å². The van der Waals surface area contributed by atoms with Crippen molar-refractivity contribution in [1.82, 2.24) is 0 Å². The molecule has 46 heavy (non-hydrogen) atoms. The molecule has 3 fully saturated rings. The van der Waals surface area contributed by atoms with Crippen LogP contribution in [0.3, 0.4) is 0 Å². The summed E-state index contributed by atoms with van der Waals surface area (Å²) in [5.41, 5.74) is 0.467. The second kappa shape index (κ2) is 11.8. The molecular formula is C40H58O6. The van der Waals surface area contributed by atoms with E-state index in [0.29, 0.717) is 24.7 Å². The molecular weight excluding hydrogens is 576 g/mol. The third-order valence-electron chi connectivity index (χ3n) is 14.7. The van der Waals surface area contributed by atoms with Crippen LogP contribution in [0.25, 0.3) is 6.08 Å². The first-order valence-electron chi connectivity index (χ1n) is 17.7. The van der Waals surface area contributed by atoms with Crippen molar-refractivity contribution in [2.45, 2.75) is 119 Å². The number of carbonyl (C=O) groups excluding carboxylic acids is 1. The fourth-order valence-corrected chi connectivity index (χ4v) is 11.5. The molecule has 6 heteroatoms. The molecule has 0 saturated heterocycles. The first kappa shape index (κ1) is 34.7. The smallest absolute Gasteiger partial charge is 0.331 e. The molecule has 0 aliphatic heterocycles. The van der Waals surface area contributed by atoms with E-state index in [2.05, 4.69) is 68.4 Å². The molecule has 254 valence electrons. The van der Waals surface area contributed by atoms with Gasteiger partial charge in [-0.05, 0) is 115 Å². The molecule has 4 aliphatic carbocycles. The van der Waals surface area contributed by atoms with E-state index in [1.807, 2.05) is 0 Å². The Hall–Kier alpha value is -2.60. The summed E-state index contributed by atoms with van der Waals surface area (Å²) in [6, 6.07) is 6.61. The third-order valence-corrected chi connectivity index (χ3v) is 14.7. The van der Waals surface area contributed by atoms with Gasteiger partial charge in [-0.25, -0.2) is 4.79 Å². The lowest BCUT2D eigenvalue weighted by Gasteiger charge is -2.69. The number of carboxylic acids is 1. The third kappa shape index (κ3) is 5.16. The van der Waals surface area contributed by atoms with Gasteiger partial charge in [-0.15, -0.1) is 0 Å². The van der Waals surface area contributed by atoms with Gasteiger partial charge in [0, 0.05) is 11.5 Å². The standard InChI is InChI=1S/C40H58O6/c1-10-40(35(44)45)22-19-24(2)25(3)33(40)28-16-17-31-38(8)23-29(42)34(46-32(43)18-13-26-11-14-27(41)15-12-26)36(4,5)30(38)20-21-39(31,9)37(28,6)7/h11-16,18,24-25,29-31,33-34,41-42H,10,17,19-23H2,1-9H3,(H,44,45)/b18-13-/t24-,25+,29-,30?,31?,33+,34+,38+,39-,40-/m1/s1. The second-order valence-electron chi connectivity index (χ2n) is 17.1. The number of hydrogen-bond acceptors (Lipinski definition) is 5. The molecule has 1 aromatic carbocycles. The Kier molecular flexibility index (Phi) is 8.93. The Bertz CT molecular complexity index is 1390. The molecule has 0 bridgehead atoms. The fraction of sp³-hybridized carbons (Fsp3) is 0.700. The molecule has 0 aromatic heterocycles. The van der Waals surface area contributed by atoms with Crippen LogP contribution in [0.2, 0.25) is 0 Å². The molecule has 3 N–H and O–H groups in total. The van der Waals surface area contributed by atoms with Crippen molar-refractivity contribution in [3.05, 3.63) is 47.6 Å². The van der Waals surface area contributed by atoms with Crippen molar-refractivity contribution in [3.8, 4) is 5.75 Å². The van der Waals surface area contributed by atoms with Crippen LogP contribution >= 0.6 is 0 Å².